The van der Waals surface area contributed by atoms with E-state index in [0.29, 0.717) is 31.5 Å². The summed E-state index contributed by atoms with van der Waals surface area (Å²) in [4.78, 5) is 27.0. The zero-order valence-corrected chi connectivity index (χ0v) is 16.8. The Morgan fingerprint density at radius 3 is 2.32 bits per heavy atom. The molecule has 28 heavy (non-hydrogen) atoms. The molecule has 0 unspecified atom stereocenters. The molecule has 0 atom stereocenters. The summed E-state index contributed by atoms with van der Waals surface area (Å²) in [7, 11) is 1.61. The number of methoxy groups -OCH3 is 1. The number of ketones is 1. The normalized spacial score (nSPS) is 15.0. The fourth-order valence-electron chi connectivity index (χ4n) is 3.63. The topological polar surface area (TPSA) is 46.6 Å². The van der Waals surface area contributed by atoms with Crippen LogP contribution in [0, 0.1) is 19.8 Å². The molecular weight excluding hydrogens is 350 g/mol. The van der Waals surface area contributed by atoms with Crippen LogP contribution in [0.3, 0.4) is 0 Å². The second-order valence-corrected chi connectivity index (χ2v) is 7.39. The monoisotopic (exact) mass is 377 g/mol. The number of piperidine rings is 1. The highest BCUT2D eigenvalue weighted by Crippen LogP contribution is 2.23. The summed E-state index contributed by atoms with van der Waals surface area (Å²) in [5, 5.41) is 0. The van der Waals surface area contributed by atoms with Crippen LogP contribution in [0.2, 0.25) is 0 Å². The molecule has 0 radical (unpaired) electrons. The third-order valence-corrected chi connectivity index (χ3v) is 5.38. The fraction of sp³-hybridized carbons (Fsp3) is 0.333. The molecular formula is C24H27NO3. The Balaban J connectivity index is 1.56. The first kappa shape index (κ1) is 19.9. The average Bonchev–Trinajstić information content (AvgIpc) is 2.72. The highest BCUT2D eigenvalue weighted by molar-refractivity contribution is 5.98. The molecule has 0 saturated carbocycles. The molecule has 4 nitrogen and oxygen atoms in total. The predicted octanol–water partition coefficient (Wildman–Crippen LogP) is 4.45. The van der Waals surface area contributed by atoms with Crippen LogP contribution in [-0.4, -0.2) is 36.8 Å². The van der Waals surface area contributed by atoms with Crippen LogP contribution in [0.15, 0.2) is 48.5 Å². The van der Waals surface area contributed by atoms with Crippen molar-refractivity contribution in [1.82, 2.24) is 4.90 Å². The number of hydrogen-bond acceptors (Lipinski definition) is 3. The van der Waals surface area contributed by atoms with Crippen molar-refractivity contribution in [2.75, 3.05) is 20.2 Å². The molecule has 3 rings (SSSR count). The van der Waals surface area contributed by atoms with Crippen LogP contribution >= 0.6 is 0 Å². The van der Waals surface area contributed by atoms with E-state index >= 15 is 0 Å². The Hall–Kier alpha value is -2.88. The van der Waals surface area contributed by atoms with Crippen LogP contribution in [0.1, 0.15) is 39.9 Å². The number of likely N-dealkylation sites (tertiary alicyclic amines) is 1. The minimum Gasteiger partial charge on any atom is -0.497 e. The van der Waals surface area contributed by atoms with Gasteiger partial charge >= 0.3 is 0 Å². The SMILES string of the molecule is COc1ccc(C(=O)C2CCN(C(=O)/C=C/c3ccc(C)cc3C)CC2)cc1. The lowest BCUT2D eigenvalue weighted by molar-refractivity contribution is -0.127. The first-order chi connectivity index (χ1) is 13.5. The number of nitrogens with zero attached hydrogens (tertiary/aromatic N) is 1. The van der Waals surface area contributed by atoms with Crippen LogP contribution in [0.5, 0.6) is 5.75 Å². The number of benzene rings is 2. The molecule has 4 heteroatoms. The van der Waals surface area contributed by atoms with Gasteiger partial charge in [0.25, 0.3) is 0 Å². The highest BCUT2D eigenvalue weighted by Gasteiger charge is 2.27. The molecule has 2 aromatic carbocycles. The van der Waals surface area contributed by atoms with Crippen molar-refractivity contribution < 1.29 is 14.3 Å². The molecule has 1 saturated heterocycles. The van der Waals surface area contributed by atoms with Crippen molar-refractivity contribution in [3.63, 3.8) is 0 Å². The summed E-state index contributed by atoms with van der Waals surface area (Å²) in [6, 6.07) is 13.4. The van der Waals surface area contributed by atoms with Gasteiger partial charge in [0.2, 0.25) is 5.91 Å². The minimum atomic E-state index is -0.0271. The van der Waals surface area contributed by atoms with Crippen LogP contribution in [0.4, 0.5) is 0 Å². The first-order valence-corrected chi connectivity index (χ1v) is 9.70. The quantitative estimate of drug-likeness (QED) is 0.571. The maximum absolute atomic E-state index is 12.7. The summed E-state index contributed by atoms with van der Waals surface area (Å²) in [6.45, 7) is 5.33. The molecule has 0 bridgehead atoms. The Bertz CT molecular complexity index is 875. The number of aryl methyl sites for hydroxylation is 2. The van der Waals surface area contributed by atoms with E-state index in [9.17, 15) is 9.59 Å². The van der Waals surface area contributed by atoms with Gasteiger partial charge in [0.05, 0.1) is 7.11 Å². The summed E-state index contributed by atoms with van der Waals surface area (Å²) in [6.07, 6.45) is 4.93. The highest BCUT2D eigenvalue weighted by atomic mass is 16.5. The number of Topliss-reactive ketones (excluding diaryl/α,β-unsaturated/α-hetero) is 1. The van der Waals surface area contributed by atoms with Crippen molar-refractivity contribution in [2.45, 2.75) is 26.7 Å². The van der Waals surface area contributed by atoms with Gasteiger partial charge in [0, 0.05) is 30.6 Å². The van der Waals surface area contributed by atoms with Gasteiger partial charge in [-0.25, -0.2) is 0 Å². The Labute approximate surface area is 166 Å². The molecule has 0 aliphatic carbocycles. The number of rotatable bonds is 5. The zero-order chi connectivity index (χ0) is 20.1. The maximum Gasteiger partial charge on any atom is 0.246 e. The number of carbonyl (C=O) groups excluding carboxylic acids is 2. The predicted molar refractivity (Wildman–Crippen MR) is 112 cm³/mol. The molecule has 1 aliphatic heterocycles. The van der Waals surface area contributed by atoms with Gasteiger partial charge in [-0.1, -0.05) is 23.8 Å². The third-order valence-electron chi connectivity index (χ3n) is 5.38. The number of amides is 1. The summed E-state index contributed by atoms with van der Waals surface area (Å²) < 4.78 is 5.14. The molecule has 1 aliphatic rings. The lowest BCUT2D eigenvalue weighted by Gasteiger charge is -2.30. The smallest absolute Gasteiger partial charge is 0.246 e. The van der Waals surface area contributed by atoms with Gasteiger partial charge in [-0.2, -0.15) is 0 Å². The summed E-state index contributed by atoms with van der Waals surface area (Å²) >= 11 is 0. The lowest BCUT2D eigenvalue weighted by atomic mass is 9.89. The molecule has 0 N–H and O–H groups in total. The molecule has 0 aromatic heterocycles. The van der Waals surface area contributed by atoms with Crippen molar-refractivity contribution in [2.24, 2.45) is 5.92 Å². The van der Waals surface area contributed by atoms with Crippen molar-refractivity contribution in [1.29, 1.82) is 0 Å². The standard InChI is InChI=1S/C24H27NO3/c1-17-4-5-19(18(2)16-17)8-11-23(26)25-14-12-21(13-15-25)24(27)20-6-9-22(28-3)10-7-20/h4-11,16,21H,12-15H2,1-3H3/b11-8+. The van der Waals surface area contributed by atoms with E-state index in [4.69, 9.17) is 4.74 Å². The van der Waals surface area contributed by atoms with Crippen molar-refractivity contribution >= 4 is 17.8 Å². The lowest BCUT2D eigenvalue weighted by Crippen LogP contribution is -2.39. The van der Waals surface area contributed by atoms with Gasteiger partial charge in [-0.15, -0.1) is 0 Å². The summed E-state index contributed by atoms with van der Waals surface area (Å²) in [5.41, 5.74) is 4.14. The summed E-state index contributed by atoms with van der Waals surface area (Å²) in [5.74, 6) is 0.879. The Morgan fingerprint density at radius 2 is 1.71 bits per heavy atom. The second-order valence-electron chi connectivity index (χ2n) is 7.39. The number of carbonyl (C=O) groups is 2. The molecule has 1 amide bonds. The van der Waals surface area contributed by atoms with E-state index in [1.807, 2.05) is 54.3 Å². The molecule has 2 aromatic rings. The first-order valence-electron chi connectivity index (χ1n) is 9.70. The third kappa shape index (κ3) is 4.69. The van der Waals surface area contributed by atoms with Crippen LogP contribution in [-0.2, 0) is 4.79 Å². The van der Waals surface area contributed by atoms with E-state index in [0.717, 1.165) is 16.9 Å². The molecule has 0 spiro atoms. The molecule has 146 valence electrons. The number of ether oxygens (including phenoxy) is 1. The molecule has 1 fully saturated rings. The van der Waals surface area contributed by atoms with Crippen LogP contribution < -0.4 is 4.74 Å². The minimum absolute atomic E-state index is 0.00956. The van der Waals surface area contributed by atoms with Crippen LogP contribution in [0.25, 0.3) is 6.08 Å². The van der Waals surface area contributed by atoms with Gasteiger partial charge in [0.1, 0.15) is 5.75 Å². The fourth-order valence-corrected chi connectivity index (χ4v) is 3.63. The van der Waals surface area contributed by atoms with Crippen molar-refractivity contribution in [3.05, 3.63) is 70.8 Å². The van der Waals surface area contributed by atoms with E-state index in [1.165, 1.54) is 5.56 Å². The zero-order valence-electron chi connectivity index (χ0n) is 16.8. The maximum atomic E-state index is 12.7. The van der Waals surface area contributed by atoms with Gasteiger partial charge in [-0.05, 0) is 68.2 Å². The second kappa shape index (κ2) is 8.87. The largest absolute Gasteiger partial charge is 0.497 e. The Morgan fingerprint density at radius 1 is 1.04 bits per heavy atom. The van der Waals surface area contributed by atoms with Gasteiger partial charge < -0.3 is 9.64 Å². The van der Waals surface area contributed by atoms with E-state index in [-0.39, 0.29) is 17.6 Å². The van der Waals surface area contributed by atoms with E-state index in [2.05, 4.69) is 13.0 Å². The average molecular weight is 377 g/mol. The van der Waals surface area contributed by atoms with E-state index < -0.39 is 0 Å². The van der Waals surface area contributed by atoms with Crippen molar-refractivity contribution in [3.8, 4) is 5.75 Å². The van der Waals surface area contributed by atoms with Gasteiger partial charge in [0.15, 0.2) is 5.78 Å². The number of hydrogen-bond donors (Lipinski definition) is 0. The Kier molecular flexibility index (Phi) is 6.30. The molecule has 1 heterocycles. The van der Waals surface area contributed by atoms with E-state index in [1.54, 1.807) is 13.2 Å². The van der Waals surface area contributed by atoms with Gasteiger partial charge in [-0.3, -0.25) is 9.59 Å².